The lowest BCUT2D eigenvalue weighted by atomic mass is 10.1. The minimum atomic E-state index is -0.377. The number of fused-ring (bicyclic) bond motifs is 1. The summed E-state index contributed by atoms with van der Waals surface area (Å²) in [6.07, 6.45) is 0. The molecule has 1 aromatic heterocycles. The molecule has 6 nitrogen and oxygen atoms in total. The Balaban J connectivity index is 1.31. The molecular formula is C28H28N2O4. The first-order valence-electron chi connectivity index (χ1n) is 11.1. The van der Waals surface area contributed by atoms with Crippen LogP contribution in [0, 0.1) is 6.92 Å². The fourth-order valence-electron chi connectivity index (χ4n) is 3.73. The number of hydrogen-bond acceptors (Lipinski definition) is 5. The zero-order valence-electron chi connectivity index (χ0n) is 19.6. The van der Waals surface area contributed by atoms with Crippen molar-refractivity contribution in [3.05, 3.63) is 111 Å². The van der Waals surface area contributed by atoms with Gasteiger partial charge in [0.25, 0.3) is 5.91 Å². The number of hydrogen-bond donors (Lipinski definition) is 1. The number of ether oxygens (including phenoxy) is 1. The molecule has 6 heteroatoms. The van der Waals surface area contributed by atoms with Crippen LogP contribution in [0.15, 0.2) is 82.0 Å². The van der Waals surface area contributed by atoms with Crippen LogP contribution in [0.3, 0.4) is 0 Å². The van der Waals surface area contributed by atoms with Gasteiger partial charge in [-0.3, -0.25) is 4.79 Å². The molecule has 0 fully saturated rings. The third-order valence-electron chi connectivity index (χ3n) is 5.52. The fourth-order valence-corrected chi connectivity index (χ4v) is 3.73. The standard InChI is InChI=1S/C28H28N2O4/c1-19-14-27(31)34-26-15-24(12-13-25(19)26)33-18-22-8-10-23(11-9-22)28(32)29-16-20-4-6-21(7-5-20)17-30(2)3/h4-15H,16-18H2,1-3H3,(H,29,32). The summed E-state index contributed by atoms with van der Waals surface area (Å²) >= 11 is 0. The van der Waals surface area contributed by atoms with Gasteiger partial charge < -0.3 is 19.4 Å². The first-order chi connectivity index (χ1) is 16.4. The van der Waals surface area contributed by atoms with Gasteiger partial charge in [-0.2, -0.15) is 0 Å². The first-order valence-corrected chi connectivity index (χ1v) is 11.1. The summed E-state index contributed by atoms with van der Waals surface area (Å²) in [5.41, 5.74) is 4.81. The van der Waals surface area contributed by atoms with Crippen molar-refractivity contribution in [1.82, 2.24) is 10.2 Å². The molecule has 0 saturated carbocycles. The lowest BCUT2D eigenvalue weighted by Gasteiger charge is -2.11. The minimum Gasteiger partial charge on any atom is -0.489 e. The number of benzene rings is 3. The van der Waals surface area contributed by atoms with Crippen molar-refractivity contribution >= 4 is 16.9 Å². The normalized spacial score (nSPS) is 11.1. The molecule has 0 saturated heterocycles. The van der Waals surface area contributed by atoms with Crippen molar-refractivity contribution in [3.8, 4) is 5.75 Å². The molecule has 3 aromatic carbocycles. The molecule has 0 bridgehead atoms. The van der Waals surface area contributed by atoms with E-state index in [0.29, 0.717) is 30.0 Å². The largest absolute Gasteiger partial charge is 0.489 e. The van der Waals surface area contributed by atoms with Crippen molar-refractivity contribution < 1.29 is 13.9 Å². The Bertz CT molecular complexity index is 1340. The van der Waals surface area contributed by atoms with Gasteiger partial charge in [0.2, 0.25) is 0 Å². The van der Waals surface area contributed by atoms with Crippen LogP contribution in [0.1, 0.15) is 32.6 Å². The smallest absolute Gasteiger partial charge is 0.336 e. The molecule has 34 heavy (non-hydrogen) atoms. The van der Waals surface area contributed by atoms with Crippen molar-refractivity contribution in [3.63, 3.8) is 0 Å². The highest BCUT2D eigenvalue weighted by molar-refractivity contribution is 5.94. The van der Waals surface area contributed by atoms with E-state index in [2.05, 4.69) is 22.3 Å². The van der Waals surface area contributed by atoms with Crippen molar-refractivity contribution in [2.24, 2.45) is 0 Å². The van der Waals surface area contributed by atoms with Gasteiger partial charge in [-0.05, 0) is 67.5 Å². The van der Waals surface area contributed by atoms with Gasteiger partial charge >= 0.3 is 5.63 Å². The summed E-state index contributed by atoms with van der Waals surface area (Å²) in [6, 6.07) is 22.5. The topological polar surface area (TPSA) is 71.8 Å². The predicted octanol–water partition coefficient (Wildman–Crippen LogP) is 4.67. The van der Waals surface area contributed by atoms with Crippen molar-refractivity contribution in [2.75, 3.05) is 14.1 Å². The van der Waals surface area contributed by atoms with Crippen LogP contribution < -0.4 is 15.7 Å². The van der Waals surface area contributed by atoms with Crippen LogP contribution in [-0.4, -0.2) is 24.9 Å². The van der Waals surface area contributed by atoms with E-state index in [1.54, 1.807) is 18.2 Å². The van der Waals surface area contributed by atoms with Crippen LogP contribution in [-0.2, 0) is 19.7 Å². The van der Waals surface area contributed by atoms with E-state index in [9.17, 15) is 9.59 Å². The average molecular weight is 457 g/mol. The SMILES string of the molecule is Cc1cc(=O)oc2cc(OCc3ccc(C(=O)NCc4ccc(CN(C)C)cc4)cc3)ccc12. The Labute approximate surface area is 198 Å². The second kappa shape index (κ2) is 10.4. The maximum atomic E-state index is 12.5. The number of carbonyl (C=O) groups excluding carboxylic acids is 1. The average Bonchev–Trinajstić information content (AvgIpc) is 2.81. The second-order valence-electron chi connectivity index (χ2n) is 8.63. The maximum absolute atomic E-state index is 12.5. The van der Waals surface area contributed by atoms with E-state index < -0.39 is 0 Å². The minimum absolute atomic E-state index is 0.121. The molecule has 4 aromatic rings. The lowest BCUT2D eigenvalue weighted by molar-refractivity contribution is 0.0951. The molecule has 0 radical (unpaired) electrons. The Hall–Kier alpha value is -3.90. The first kappa shape index (κ1) is 23.3. The molecule has 4 rings (SSSR count). The van der Waals surface area contributed by atoms with E-state index in [1.807, 2.05) is 57.4 Å². The number of amides is 1. The van der Waals surface area contributed by atoms with Gasteiger partial charge in [0, 0.05) is 36.2 Å². The zero-order valence-corrected chi connectivity index (χ0v) is 19.6. The Morgan fingerprint density at radius 3 is 2.29 bits per heavy atom. The van der Waals surface area contributed by atoms with Crippen LogP contribution in [0.5, 0.6) is 5.75 Å². The van der Waals surface area contributed by atoms with Gasteiger partial charge in [0.15, 0.2) is 0 Å². The molecule has 0 aliphatic rings. The van der Waals surface area contributed by atoms with E-state index >= 15 is 0 Å². The molecule has 0 unspecified atom stereocenters. The van der Waals surface area contributed by atoms with E-state index in [-0.39, 0.29) is 11.5 Å². The number of nitrogens with zero attached hydrogens (tertiary/aromatic N) is 1. The van der Waals surface area contributed by atoms with E-state index in [0.717, 1.165) is 28.6 Å². The van der Waals surface area contributed by atoms with Crippen LogP contribution >= 0.6 is 0 Å². The van der Waals surface area contributed by atoms with Crippen LogP contribution in [0.4, 0.5) is 0 Å². The van der Waals surface area contributed by atoms with E-state index in [1.165, 1.54) is 11.6 Å². The van der Waals surface area contributed by atoms with Gasteiger partial charge in [-0.1, -0.05) is 36.4 Å². The zero-order chi connectivity index (χ0) is 24.1. The van der Waals surface area contributed by atoms with Crippen LogP contribution in [0.25, 0.3) is 11.0 Å². The summed E-state index contributed by atoms with van der Waals surface area (Å²) in [5, 5.41) is 3.84. The van der Waals surface area contributed by atoms with Gasteiger partial charge in [-0.15, -0.1) is 0 Å². The molecular weight excluding hydrogens is 428 g/mol. The van der Waals surface area contributed by atoms with Crippen molar-refractivity contribution in [1.29, 1.82) is 0 Å². The lowest BCUT2D eigenvalue weighted by Crippen LogP contribution is -2.22. The summed E-state index contributed by atoms with van der Waals surface area (Å²) in [5.74, 6) is 0.490. The Kier molecular flexibility index (Phi) is 7.09. The molecule has 0 aliphatic carbocycles. The molecule has 1 N–H and O–H groups in total. The summed E-state index contributed by atoms with van der Waals surface area (Å²) in [7, 11) is 4.08. The maximum Gasteiger partial charge on any atom is 0.336 e. The number of carbonyl (C=O) groups is 1. The summed E-state index contributed by atoms with van der Waals surface area (Å²) in [4.78, 5) is 26.2. The number of rotatable bonds is 8. The monoisotopic (exact) mass is 456 g/mol. The van der Waals surface area contributed by atoms with Gasteiger partial charge in [0.1, 0.15) is 17.9 Å². The molecule has 0 atom stereocenters. The highest BCUT2D eigenvalue weighted by Gasteiger charge is 2.07. The van der Waals surface area contributed by atoms with Gasteiger partial charge in [0.05, 0.1) is 0 Å². The highest BCUT2D eigenvalue weighted by Crippen LogP contribution is 2.23. The quantitative estimate of drug-likeness (QED) is 0.390. The Morgan fingerprint density at radius 1 is 0.912 bits per heavy atom. The molecule has 1 heterocycles. The molecule has 1 amide bonds. The second-order valence-corrected chi connectivity index (χ2v) is 8.63. The molecule has 0 aliphatic heterocycles. The number of aryl methyl sites for hydroxylation is 1. The predicted molar refractivity (Wildman–Crippen MR) is 133 cm³/mol. The van der Waals surface area contributed by atoms with Gasteiger partial charge in [-0.25, -0.2) is 4.79 Å². The van der Waals surface area contributed by atoms with Crippen molar-refractivity contribution in [2.45, 2.75) is 26.6 Å². The fraction of sp³-hybridized carbons (Fsp3) is 0.214. The molecule has 174 valence electrons. The third kappa shape index (κ3) is 5.91. The number of nitrogens with one attached hydrogen (secondary N) is 1. The van der Waals surface area contributed by atoms with E-state index in [4.69, 9.17) is 9.15 Å². The Morgan fingerprint density at radius 2 is 1.59 bits per heavy atom. The van der Waals surface area contributed by atoms with Crippen LogP contribution in [0.2, 0.25) is 0 Å². The summed E-state index contributed by atoms with van der Waals surface area (Å²) in [6.45, 7) is 3.57. The highest BCUT2D eigenvalue weighted by atomic mass is 16.5. The molecule has 0 spiro atoms. The third-order valence-corrected chi connectivity index (χ3v) is 5.52. The summed E-state index contributed by atoms with van der Waals surface area (Å²) < 4.78 is 11.1.